The number of carbonyl (C=O) groups is 1. The number of carbonyl (C=O) groups excluding carboxylic acids is 1. The molecule has 7 heteroatoms. The largest absolute Gasteiger partial charge is 0.338 e. The number of aromatic nitrogens is 4. The highest BCUT2D eigenvalue weighted by atomic mass is 16.2. The molecule has 1 N–H and O–H groups in total. The minimum absolute atomic E-state index is 0.0528. The molecule has 7 nitrogen and oxygen atoms in total. The first-order chi connectivity index (χ1) is 12.9. The van der Waals surface area contributed by atoms with E-state index in [1.54, 1.807) is 10.7 Å². The lowest BCUT2D eigenvalue weighted by atomic mass is 9.89. The Morgan fingerprint density at radius 3 is 2.59 bits per heavy atom. The van der Waals surface area contributed by atoms with Gasteiger partial charge in [-0.1, -0.05) is 13.8 Å². The molecule has 2 aliphatic rings. The summed E-state index contributed by atoms with van der Waals surface area (Å²) in [6.07, 6.45) is 8.24. The number of amides is 1. The van der Waals surface area contributed by atoms with Crippen molar-refractivity contribution in [3.63, 3.8) is 0 Å². The Balaban J connectivity index is 1.45. The second kappa shape index (κ2) is 7.02. The van der Waals surface area contributed by atoms with E-state index in [-0.39, 0.29) is 17.9 Å². The van der Waals surface area contributed by atoms with E-state index < -0.39 is 0 Å². The van der Waals surface area contributed by atoms with Gasteiger partial charge in [-0.3, -0.25) is 19.4 Å². The number of aryl methyl sites for hydroxylation is 1. The molecule has 0 spiro atoms. The van der Waals surface area contributed by atoms with Crippen LogP contribution in [0.5, 0.6) is 0 Å². The first-order valence-corrected chi connectivity index (χ1v) is 9.99. The maximum absolute atomic E-state index is 13.0. The van der Waals surface area contributed by atoms with Crippen LogP contribution in [0.2, 0.25) is 0 Å². The van der Waals surface area contributed by atoms with Gasteiger partial charge in [0.05, 0.1) is 6.42 Å². The second-order valence-electron chi connectivity index (χ2n) is 8.55. The predicted octanol–water partition coefficient (Wildman–Crippen LogP) is 2.05. The summed E-state index contributed by atoms with van der Waals surface area (Å²) in [7, 11) is 2.04. The Labute approximate surface area is 159 Å². The third-order valence-electron chi connectivity index (χ3n) is 5.98. The van der Waals surface area contributed by atoms with Crippen LogP contribution in [-0.2, 0) is 24.8 Å². The molecule has 2 saturated heterocycles. The van der Waals surface area contributed by atoms with Crippen molar-refractivity contribution in [2.24, 2.45) is 13.0 Å². The molecule has 0 saturated carbocycles. The van der Waals surface area contributed by atoms with Gasteiger partial charge in [0.1, 0.15) is 5.82 Å². The van der Waals surface area contributed by atoms with E-state index in [0.29, 0.717) is 30.5 Å². The highest BCUT2D eigenvalue weighted by Crippen LogP contribution is 2.42. The van der Waals surface area contributed by atoms with Crippen molar-refractivity contribution < 1.29 is 4.79 Å². The van der Waals surface area contributed by atoms with Crippen molar-refractivity contribution in [1.82, 2.24) is 24.2 Å². The number of aromatic amines is 1. The van der Waals surface area contributed by atoms with E-state index in [2.05, 4.69) is 33.4 Å². The Morgan fingerprint density at radius 1 is 1.30 bits per heavy atom. The summed E-state index contributed by atoms with van der Waals surface area (Å²) in [5, 5.41) is 3.11. The quantitative estimate of drug-likeness (QED) is 0.874. The van der Waals surface area contributed by atoms with Gasteiger partial charge in [-0.15, -0.1) is 0 Å². The summed E-state index contributed by atoms with van der Waals surface area (Å²) < 4.78 is 3.71. The van der Waals surface area contributed by atoms with Crippen LogP contribution >= 0.6 is 0 Å². The van der Waals surface area contributed by atoms with Gasteiger partial charge in [-0.25, -0.2) is 4.98 Å². The van der Waals surface area contributed by atoms with E-state index >= 15 is 0 Å². The minimum Gasteiger partial charge on any atom is -0.338 e. The molecule has 2 fully saturated rings. The zero-order valence-electron chi connectivity index (χ0n) is 16.4. The number of fused-ring (bicyclic) bond motifs is 2. The number of nitrogens with one attached hydrogen (secondary N) is 1. The van der Waals surface area contributed by atoms with Crippen molar-refractivity contribution in [2.45, 2.75) is 70.5 Å². The standard InChI is InChI=1S/C20H29N5O2/c1-13(2)12-24-18(26)10-15(22-24)11-19(27)25-16-4-5-17(25)9-14(8-16)20-21-6-7-23(20)3/h6-7,10,13-14,16-17,22H,4-5,8-9,11-12H2,1-3H3/t14?,16-,17+. The molecule has 3 atom stereocenters. The topological polar surface area (TPSA) is 75.9 Å². The smallest absolute Gasteiger partial charge is 0.266 e. The molecule has 0 aromatic carbocycles. The van der Waals surface area contributed by atoms with Gasteiger partial charge in [-0.05, 0) is 31.6 Å². The van der Waals surface area contributed by atoms with Gasteiger partial charge >= 0.3 is 0 Å². The number of rotatable bonds is 5. The summed E-state index contributed by atoms with van der Waals surface area (Å²) in [5.41, 5.74) is 0.666. The molecular weight excluding hydrogens is 342 g/mol. The molecule has 146 valence electrons. The predicted molar refractivity (Wildman–Crippen MR) is 102 cm³/mol. The first-order valence-electron chi connectivity index (χ1n) is 9.99. The third kappa shape index (κ3) is 3.47. The van der Waals surface area contributed by atoms with Crippen molar-refractivity contribution in [3.05, 3.63) is 40.3 Å². The number of hydrogen-bond donors (Lipinski definition) is 1. The summed E-state index contributed by atoms with van der Waals surface area (Å²) in [6, 6.07) is 2.16. The SMILES string of the molecule is CC(C)Cn1[nH]c(CC(=O)N2[C@@H]3CC[C@H]2CC(c2nccn2C)C3)cc1=O. The molecular formula is C20H29N5O2. The van der Waals surface area contributed by atoms with Crippen molar-refractivity contribution in [2.75, 3.05) is 0 Å². The highest BCUT2D eigenvalue weighted by Gasteiger charge is 2.44. The molecule has 4 heterocycles. The lowest BCUT2D eigenvalue weighted by molar-refractivity contribution is -0.135. The molecule has 0 radical (unpaired) electrons. The molecule has 2 aliphatic heterocycles. The molecule has 0 aliphatic carbocycles. The van der Waals surface area contributed by atoms with E-state index in [4.69, 9.17) is 0 Å². The number of H-pyrrole nitrogens is 1. The van der Waals surface area contributed by atoms with E-state index in [1.165, 1.54) is 0 Å². The molecule has 2 aromatic heterocycles. The van der Waals surface area contributed by atoms with Crippen molar-refractivity contribution in [3.8, 4) is 0 Å². The average Bonchev–Trinajstić information content (AvgIpc) is 3.24. The van der Waals surface area contributed by atoms with Crippen molar-refractivity contribution in [1.29, 1.82) is 0 Å². The lowest BCUT2D eigenvalue weighted by Gasteiger charge is -2.38. The maximum Gasteiger partial charge on any atom is 0.266 e. The summed E-state index contributed by atoms with van der Waals surface area (Å²) in [5.74, 6) is 2.08. The van der Waals surface area contributed by atoms with Gasteiger partial charge in [0, 0.05) is 55.7 Å². The summed E-state index contributed by atoms with van der Waals surface area (Å²) in [4.78, 5) is 31.7. The van der Waals surface area contributed by atoms with Crippen LogP contribution in [-0.4, -0.2) is 42.2 Å². The van der Waals surface area contributed by atoms with Gasteiger partial charge in [0.15, 0.2) is 0 Å². The Bertz CT molecular complexity index is 863. The van der Waals surface area contributed by atoms with Crippen LogP contribution < -0.4 is 5.56 Å². The van der Waals surface area contributed by atoms with E-state index in [0.717, 1.165) is 37.2 Å². The van der Waals surface area contributed by atoms with Gasteiger partial charge in [0.25, 0.3) is 5.56 Å². The molecule has 1 amide bonds. The van der Waals surface area contributed by atoms with Crippen LogP contribution in [0.3, 0.4) is 0 Å². The van der Waals surface area contributed by atoms with Crippen LogP contribution in [0, 0.1) is 5.92 Å². The highest BCUT2D eigenvalue weighted by molar-refractivity contribution is 5.79. The molecule has 2 aromatic rings. The summed E-state index contributed by atoms with van der Waals surface area (Å²) in [6.45, 7) is 4.79. The zero-order valence-corrected chi connectivity index (χ0v) is 16.4. The Hall–Kier alpha value is -2.31. The fourth-order valence-corrected chi connectivity index (χ4v) is 4.90. The molecule has 4 rings (SSSR count). The average molecular weight is 371 g/mol. The van der Waals surface area contributed by atoms with Gasteiger partial charge < -0.3 is 9.47 Å². The molecule has 2 bridgehead atoms. The fraction of sp³-hybridized carbons (Fsp3) is 0.650. The Kier molecular flexibility index (Phi) is 4.70. The maximum atomic E-state index is 13.0. The van der Waals surface area contributed by atoms with E-state index in [9.17, 15) is 9.59 Å². The Morgan fingerprint density at radius 2 is 2.00 bits per heavy atom. The number of nitrogens with zero attached hydrogens (tertiary/aromatic N) is 4. The minimum atomic E-state index is -0.0528. The normalized spacial score (nSPS) is 24.7. The van der Waals surface area contributed by atoms with Crippen LogP contribution in [0.15, 0.2) is 23.3 Å². The van der Waals surface area contributed by atoms with Crippen LogP contribution in [0.25, 0.3) is 0 Å². The fourth-order valence-electron chi connectivity index (χ4n) is 4.90. The third-order valence-corrected chi connectivity index (χ3v) is 5.98. The van der Waals surface area contributed by atoms with Gasteiger partial charge in [-0.2, -0.15) is 0 Å². The molecule has 1 unspecified atom stereocenters. The van der Waals surface area contributed by atoms with Crippen LogP contribution in [0.4, 0.5) is 0 Å². The van der Waals surface area contributed by atoms with Crippen LogP contribution in [0.1, 0.15) is 57.0 Å². The zero-order chi connectivity index (χ0) is 19.1. The molecule has 27 heavy (non-hydrogen) atoms. The van der Waals surface area contributed by atoms with E-state index in [1.807, 2.05) is 19.4 Å². The summed E-state index contributed by atoms with van der Waals surface area (Å²) >= 11 is 0. The second-order valence-corrected chi connectivity index (χ2v) is 8.55. The first kappa shape index (κ1) is 18.1. The van der Waals surface area contributed by atoms with Crippen molar-refractivity contribution >= 4 is 5.91 Å². The number of hydrogen-bond acceptors (Lipinski definition) is 3. The number of imidazole rings is 1. The van der Waals surface area contributed by atoms with Gasteiger partial charge in [0.2, 0.25) is 5.91 Å². The lowest BCUT2D eigenvalue weighted by Crippen LogP contribution is -2.47. The number of piperidine rings is 1. The monoisotopic (exact) mass is 371 g/mol.